The van der Waals surface area contributed by atoms with Gasteiger partial charge in [0.25, 0.3) is 0 Å². The predicted octanol–water partition coefficient (Wildman–Crippen LogP) is 10.5. The van der Waals surface area contributed by atoms with E-state index in [1.807, 2.05) is 18.2 Å². The van der Waals surface area contributed by atoms with Crippen molar-refractivity contribution in [3.8, 4) is 0 Å². The molecule has 0 aromatic heterocycles. The Kier molecular flexibility index (Phi) is 36.8. The average Bonchev–Trinajstić information content (AvgIpc) is 3.15. The van der Waals surface area contributed by atoms with E-state index in [-0.39, 0.29) is 38.7 Å². The van der Waals surface area contributed by atoms with Crippen molar-refractivity contribution in [3.63, 3.8) is 0 Å². The van der Waals surface area contributed by atoms with Crippen molar-refractivity contribution in [3.05, 3.63) is 72.9 Å². The number of aliphatic hydroxyl groups excluding tert-OH is 1. The van der Waals surface area contributed by atoms with Crippen LogP contribution >= 0.6 is 7.82 Å². The van der Waals surface area contributed by atoms with E-state index in [9.17, 15) is 24.2 Å². The molecular weight excluding hydrogens is 705 g/mol. The lowest BCUT2D eigenvalue weighted by atomic mass is 10.1. The van der Waals surface area contributed by atoms with Crippen LogP contribution in [0.1, 0.15) is 149 Å². The highest BCUT2D eigenvalue weighted by molar-refractivity contribution is 7.47. The van der Waals surface area contributed by atoms with Crippen molar-refractivity contribution in [2.75, 3.05) is 26.4 Å². The van der Waals surface area contributed by atoms with Gasteiger partial charge in [-0.05, 0) is 83.5 Å². The Hall–Kier alpha value is -2.59. The minimum Gasteiger partial charge on any atom is -0.462 e. The number of hydrogen-bond acceptors (Lipinski definition) is 9. The molecule has 0 radical (unpaired) electrons. The maximum absolute atomic E-state index is 12.5. The zero-order chi connectivity index (χ0) is 39.8. The fourth-order valence-corrected chi connectivity index (χ4v) is 5.85. The molecule has 0 amide bonds. The van der Waals surface area contributed by atoms with Crippen LogP contribution < -0.4 is 5.73 Å². The van der Waals surface area contributed by atoms with Gasteiger partial charge >= 0.3 is 19.8 Å². The van der Waals surface area contributed by atoms with Gasteiger partial charge in [-0.2, -0.15) is 0 Å². The summed E-state index contributed by atoms with van der Waals surface area (Å²) in [5, 5.41) is 9.72. The lowest BCUT2D eigenvalue weighted by molar-refractivity contribution is -0.161. The summed E-state index contributed by atoms with van der Waals surface area (Å²) in [5.41, 5.74) is 5.33. The number of nitrogens with two attached hydrogens (primary N) is 1. The highest BCUT2D eigenvalue weighted by Crippen LogP contribution is 2.43. The maximum Gasteiger partial charge on any atom is 0.472 e. The molecule has 0 spiro atoms. The Bertz CT molecular complexity index is 1130. The molecule has 2 unspecified atom stereocenters. The molecule has 0 heterocycles. The Labute approximate surface area is 327 Å². The summed E-state index contributed by atoms with van der Waals surface area (Å²) in [5.74, 6) is -0.938. The van der Waals surface area contributed by atoms with Crippen molar-refractivity contribution in [1.29, 1.82) is 0 Å². The van der Waals surface area contributed by atoms with Crippen LogP contribution in [0.2, 0.25) is 0 Å². The lowest BCUT2D eigenvalue weighted by Crippen LogP contribution is -2.29. The second-order valence-electron chi connectivity index (χ2n) is 13.3. The highest BCUT2D eigenvalue weighted by atomic mass is 31.2. The average molecular weight is 780 g/mol. The molecule has 310 valence electrons. The van der Waals surface area contributed by atoms with E-state index < -0.39 is 32.5 Å². The van der Waals surface area contributed by atoms with Gasteiger partial charge in [0, 0.05) is 19.4 Å². The standard InChI is InChI=1S/C43H74NO9P/c1-3-5-6-7-8-9-10-11-12-15-18-21-24-27-30-34-42(46)50-38-41(39-52-54(48,49)51-37-36-44)53-43(47)35-31-28-25-22-19-16-13-14-17-20-23-26-29-33-40(45)32-4-2/h8-9,11-13,16-17,20,22,25-26,29,40-41,45H,3-7,10,14-15,18-19,21,23-24,27-28,30-39,44H2,1-2H3,(H,48,49)/b9-8-,12-11-,16-13-,20-17-,25-22-,29-26-/t40?,41-/m1/s1. The normalized spacial score (nSPS) is 14.7. The molecule has 0 bridgehead atoms. The third-order valence-corrected chi connectivity index (χ3v) is 9.10. The van der Waals surface area contributed by atoms with Gasteiger partial charge in [-0.1, -0.05) is 125 Å². The largest absolute Gasteiger partial charge is 0.472 e. The predicted molar refractivity (Wildman–Crippen MR) is 221 cm³/mol. The van der Waals surface area contributed by atoms with Gasteiger partial charge in [-0.25, -0.2) is 4.57 Å². The zero-order valence-electron chi connectivity index (χ0n) is 33.5. The first kappa shape index (κ1) is 51.4. The fourth-order valence-electron chi connectivity index (χ4n) is 5.08. The molecule has 0 rings (SSSR count). The van der Waals surface area contributed by atoms with E-state index in [4.69, 9.17) is 24.3 Å². The molecular formula is C43H74NO9P. The van der Waals surface area contributed by atoms with E-state index in [2.05, 4.69) is 68.5 Å². The molecule has 0 aliphatic rings. The minimum atomic E-state index is -4.41. The van der Waals surface area contributed by atoms with Crippen molar-refractivity contribution >= 4 is 19.8 Å². The Balaban J connectivity index is 4.35. The number of phosphoric acid groups is 1. The van der Waals surface area contributed by atoms with Crippen LogP contribution in [0.25, 0.3) is 0 Å². The van der Waals surface area contributed by atoms with Crippen molar-refractivity contribution in [1.82, 2.24) is 0 Å². The number of carbonyl (C=O) groups excluding carboxylic acids is 2. The molecule has 10 nitrogen and oxygen atoms in total. The first-order chi connectivity index (χ1) is 26.2. The summed E-state index contributed by atoms with van der Waals surface area (Å²) in [6.45, 7) is 3.39. The van der Waals surface area contributed by atoms with Crippen LogP contribution in [0.3, 0.4) is 0 Å². The van der Waals surface area contributed by atoms with Crippen LogP contribution in [0, 0.1) is 0 Å². The van der Waals surface area contributed by atoms with Crippen LogP contribution in [0.4, 0.5) is 0 Å². The topological polar surface area (TPSA) is 155 Å². The van der Waals surface area contributed by atoms with Gasteiger partial charge in [-0.15, -0.1) is 0 Å². The molecule has 0 fully saturated rings. The number of unbranched alkanes of at least 4 members (excludes halogenated alkanes) is 9. The molecule has 3 atom stereocenters. The van der Waals surface area contributed by atoms with E-state index in [1.54, 1.807) is 0 Å². The summed E-state index contributed by atoms with van der Waals surface area (Å²) in [6.07, 6.45) is 42.8. The SMILES string of the molecule is CCCCC/C=C\C/C=C\CCCCCCCC(=O)OC[C@H](COP(=O)(O)OCCN)OC(=O)CCC/C=C\C/C=C\C/C=C\C/C=C\CC(O)CCC. The number of carbonyl (C=O) groups is 2. The van der Waals surface area contributed by atoms with E-state index in [0.29, 0.717) is 25.7 Å². The first-order valence-electron chi connectivity index (χ1n) is 20.5. The molecule has 0 saturated carbocycles. The van der Waals surface area contributed by atoms with Crippen LogP contribution in [-0.4, -0.2) is 60.5 Å². The van der Waals surface area contributed by atoms with Crippen LogP contribution in [0.15, 0.2) is 72.9 Å². The van der Waals surface area contributed by atoms with Gasteiger partial charge in [0.2, 0.25) is 0 Å². The van der Waals surface area contributed by atoms with Gasteiger partial charge < -0.3 is 25.2 Å². The second-order valence-corrected chi connectivity index (χ2v) is 14.8. The number of allylic oxidation sites excluding steroid dienone is 11. The number of rotatable bonds is 37. The number of esters is 2. The van der Waals surface area contributed by atoms with Crippen molar-refractivity contribution < 1.29 is 42.7 Å². The summed E-state index contributed by atoms with van der Waals surface area (Å²) in [7, 11) is -4.41. The summed E-state index contributed by atoms with van der Waals surface area (Å²) < 4.78 is 32.6. The molecule has 54 heavy (non-hydrogen) atoms. The number of ether oxygens (including phenoxy) is 2. The molecule has 0 aromatic carbocycles. The number of phosphoric ester groups is 1. The molecule has 0 aromatic rings. The van der Waals surface area contributed by atoms with Gasteiger partial charge in [0.15, 0.2) is 6.10 Å². The van der Waals surface area contributed by atoms with Gasteiger partial charge in [0.1, 0.15) is 6.61 Å². The molecule has 0 saturated heterocycles. The quantitative estimate of drug-likeness (QED) is 0.0240. The minimum absolute atomic E-state index is 0.0328. The first-order valence-corrected chi connectivity index (χ1v) is 22.0. The second kappa shape index (κ2) is 38.7. The summed E-state index contributed by atoms with van der Waals surface area (Å²) >= 11 is 0. The Morgan fingerprint density at radius 3 is 1.74 bits per heavy atom. The molecule has 11 heteroatoms. The highest BCUT2D eigenvalue weighted by Gasteiger charge is 2.25. The zero-order valence-corrected chi connectivity index (χ0v) is 34.4. The monoisotopic (exact) mass is 780 g/mol. The van der Waals surface area contributed by atoms with Gasteiger partial charge in [-0.3, -0.25) is 18.6 Å². The van der Waals surface area contributed by atoms with E-state index in [0.717, 1.165) is 70.6 Å². The Morgan fingerprint density at radius 2 is 1.15 bits per heavy atom. The smallest absolute Gasteiger partial charge is 0.462 e. The van der Waals surface area contributed by atoms with Gasteiger partial charge in [0.05, 0.1) is 19.3 Å². The summed E-state index contributed by atoms with van der Waals surface area (Å²) in [4.78, 5) is 34.8. The summed E-state index contributed by atoms with van der Waals surface area (Å²) in [6, 6.07) is 0. The molecule has 0 aliphatic heterocycles. The molecule has 0 aliphatic carbocycles. The van der Waals surface area contributed by atoms with Crippen molar-refractivity contribution in [2.45, 2.75) is 161 Å². The number of aliphatic hydroxyl groups is 1. The third kappa shape index (κ3) is 37.7. The lowest BCUT2D eigenvalue weighted by Gasteiger charge is -2.19. The van der Waals surface area contributed by atoms with E-state index in [1.165, 1.54) is 25.7 Å². The third-order valence-electron chi connectivity index (χ3n) is 8.12. The van der Waals surface area contributed by atoms with E-state index >= 15 is 0 Å². The molecule has 4 N–H and O–H groups in total. The van der Waals surface area contributed by atoms with Crippen molar-refractivity contribution in [2.24, 2.45) is 5.73 Å². The van der Waals surface area contributed by atoms with Crippen LogP contribution in [-0.2, 0) is 32.7 Å². The maximum atomic E-state index is 12.5. The Morgan fingerprint density at radius 1 is 0.630 bits per heavy atom. The fraction of sp³-hybridized carbons (Fsp3) is 0.674. The van der Waals surface area contributed by atoms with Crippen LogP contribution in [0.5, 0.6) is 0 Å². The number of hydrogen-bond donors (Lipinski definition) is 3.